The lowest BCUT2D eigenvalue weighted by molar-refractivity contribution is -0.129. The summed E-state index contributed by atoms with van der Waals surface area (Å²) < 4.78 is 5.90. The third-order valence-electron chi connectivity index (χ3n) is 4.98. The Labute approximate surface area is 110 Å². The molecule has 2 aliphatic carbocycles. The molecule has 0 aromatic heterocycles. The van der Waals surface area contributed by atoms with Gasteiger partial charge in [0.1, 0.15) is 5.78 Å². The Morgan fingerprint density at radius 2 is 1.94 bits per heavy atom. The molecule has 0 bridgehead atoms. The van der Waals surface area contributed by atoms with Crippen molar-refractivity contribution in [1.82, 2.24) is 4.90 Å². The van der Waals surface area contributed by atoms with Gasteiger partial charge in [0.25, 0.3) is 0 Å². The van der Waals surface area contributed by atoms with E-state index in [1.165, 1.54) is 32.1 Å². The van der Waals surface area contributed by atoms with Crippen LogP contribution in [0, 0.1) is 5.92 Å². The first-order valence-corrected chi connectivity index (χ1v) is 7.73. The molecular formula is C15H25NO2. The summed E-state index contributed by atoms with van der Waals surface area (Å²) in [5.74, 6) is 0.833. The van der Waals surface area contributed by atoms with Crippen LogP contribution in [0.15, 0.2) is 0 Å². The lowest BCUT2D eigenvalue weighted by atomic mass is 9.85. The van der Waals surface area contributed by atoms with Crippen molar-refractivity contribution in [2.45, 2.75) is 63.5 Å². The first kappa shape index (κ1) is 12.6. The number of hydrogen-bond acceptors (Lipinski definition) is 3. The number of carbonyl (C=O) groups is 1. The molecule has 3 atom stereocenters. The maximum atomic E-state index is 12.0. The molecule has 18 heavy (non-hydrogen) atoms. The molecule has 1 saturated heterocycles. The van der Waals surface area contributed by atoms with E-state index in [0.717, 1.165) is 39.0 Å². The minimum Gasteiger partial charge on any atom is -0.375 e. The van der Waals surface area contributed by atoms with Crippen LogP contribution in [0.2, 0.25) is 0 Å². The highest BCUT2D eigenvalue weighted by molar-refractivity contribution is 5.81. The number of fused-ring (bicyclic) bond motifs is 1. The second-order valence-corrected chi connectivity index (χ2v) is 6.17. The van der Waals surface area contributed by atoms with Gasteiger partial charge >= 0.3 is 0 Å². The van der Waals surface area contributed by atoms with E-state index in [0.29, 0.717) is 23.8 Å². The molecular weight excluding hydrogens is 226 g/mol. The predicted molar refractivity (Wildman–Crippen MR) is 70.5 cm³/mol. The van der Waals surface area contributed by atoms with Crippen LogP contribution >= 0.6 is 0 Å². The Hall–Kier alpha value is -0.410. The van der Waals surface area contributed by atoms with Gasteiger partial charge in [-0.25, -0.2) is 0 Å². The molecule has 2 saturated carbocycles. The van der Waals surface area contributed by atoms with Crippen molar-refractivity contribution in [2.24, 2.45) is 5.92 Å². The average molecular weight is 251 g/mol. The fourth-order valence-corrected chi connectivity index (χ4v) is 3.93. The monoisotopic (exact) mass is 251 g/mol. The van der Waals surface area contributed by atoms with Crippen molar-refractivity contribution >= 4 is 5.78 Å². The fraction of sp³-hybridized carbons (Fsp3) is 0.933. The Morgan fingerprint density at radius 1 is 1.11 bits per heavy atom. The van der Waals surface area contributed by atoms with E-state index in [1.54, 1.807) is 0 Å². The van der Waals surface area contributed by atoms with Crippen LogP contribution in [0.3, 0.4) is 0 Å². The molecule has 1 aliphatic heterocycles. The zero-order chi connectivity index (χ0) is 12.4. The maximum Gasteiger partial charge on any atom is 0.137 e. The number of Topliss-reactive ketones (excluding diaryl/α,β-unsaturated/α-hetero) is 1. The van der Waals surface area contributed by atoms with Gasteiger partial charge in [-0.2, -0.15) is 0 Å². The van der Waals surface area contributed by atoms with Crippen LogP contribution < -0.4 is 0 Å². The Kier molecular flexibility index (Phi) is 4.00. The van der Waals surface area contributed by atoms with Gasteiger partial charge in [-0.15, -0.1) is 0 Å². The SMILES string of the molecule is O=C1CCCCC1CN1CCOC2CCCCC21. The summed E-state index contributed by atoms with van der Waals surface area (Å²) in [6.45, 7) is 2.90. The predicted octanol–water partition coefficient (Wildman–Crippen LogP) is 2.39. The largest absolute Gasteiger partial charge is 0.375 e. The number of rotatable bonds is 2. The molecule has 0 N–H and O–H groups in total. The van der Waals surface area contributed by atoms with Crippen LogP contribution in [0.1, 0.15) is 51.4 Å². The molecule has 1 heterocycles. The third-order valence-corrected chi connectivity index (χ3v) is 4.98. The molecule has 3 heteroatoms. The molecule has 0 aromatic carbocycles. The van der Waals surface area contributed by atoms with Gasteiger partial charge in [-0.1, -0.05) is 19.3 Å². The highest BCUT2D eigenvalue weighted by Crippen LogP contribution is 2.30. The first-order chi connectivity index (χ1) is 8.84. The van der Waals surface area contributed by atoms with Gasteiger partial charge in [-0.05, 0) is 25.7 Å². The summed E-state index contributed by atoms with van der Waals surface area (Å²) in [5.41, 5.74) is 0. The van der Waals surface area contributed by atoms with Crippen molar-refractivity contribution in [2.75, 3.05) is 19.7 Å². The lowest BCUT2D eigenvalue weighted by Gasteiger charge is -2.45. The Balaban J connectivity index is 1.61. The first-order valence-electron chi connectivity index (χ1n) is 7.73. The number of morpholine rings is 1. The van der Waals surface area contributed by atoms with E-state index >= 15 is 0 Å². The van der Waals surface area contributed by atoms with Gasteiger partial charge in [0.15, 0.2) is 0 Å². The number of carbonyl (C=O) groups excluding carboxylic acids is 1. The standard InChI is InChI=1S/C15H25NO2/c17-14-7-3-1-5-12(14)11-16-9-10-18-15-8-4-2-6-13(15)16/h12-13,15H,1-11H2. The minimum absolute atomic E-state index is 0.319. The maximum absolute atomic E-state index is 12.0. The lowest BCUT2D eigenvalue weighted by Crippen LogP contribution is -2.54. The van der Waals surface area contributed by atoms with E-state index in [2.05, 4.69) is 4.90 Å². The van der Waals surface area contributed by atoms with E-state index in [-0.39, 0.29) is 0 Å². The smallest absolute Gasteiger partial charge is 0.137 e. The molecule has 3 fully saturated rings. The quantitative estimate of drug-likeness (QED) is 0.754. The summed E-state index contributed by atoms with van der Waals surface area (Å²) in [5, 5.41) is 0. The van der Waals surface area contributed by atoms with E-state index in [4.69, 9.17) is 4.74 Å². The summed E-state index contributed by atoms with van der Waals surface area (Å²) in [6.07, 6.45) is 9.89. The van der Waals surface area contributed by atoms with Crippen molar-refractivity contribution in [3.63, 3.8) is 0 Å². The molecule has 0 aromatic rings. The molecule has 102 valence electrons. The van der Waals surface area contributed by atoms with Gasteiger partial charge in [-0.3, -0.25) is 9.69 Å². The van der Waals surface area contributed by atoms with Crippen LogP contribution in [-0.2, 0) is 9.53 Å². The second-order valence-electron chi connectivity index (χ2n) is 6.17. The van der Waals surface area contributed by atoms with E-state index in [1.807, 2.05) is 0 Å². The van der Waals surface area contributed by atoms with Crippen LogP contribution in [-0.4, -0.2) is 42.5 Å². The topological polar surface area (TPSA) is 29.5 Å². The van der Waals surface area contributed by atoms with Crippen molar-refractivity contribution < 1.29 is 9.53 Å². The Morgan fingerprint density at radius 3 is 2.83 bits per heavy atom. The highest BCUT2D eigenvalue weighted by Gasteiger charge is 2.36. The van der Waals surface area contributed by atoms with E-state index in [9.17, 15) is 4.79 Å². The molecule has 0 spiro atoms. The summed E-state index contributed by atoms with van der Waals surface area (Å²) >= 11 is 0. The molecule has 3 nitrogen and oxygen atoms in total. The van der Waals surface area contributed by atoms with Crippen LogP contribution in [0.4, 0.5) is 0 Å². The normalized spacial score (nSPS) is 38.4. The molecule has 0 radical (unpaired) electrons. The number of nitrogens with zero attached hydrogens (tertiary/aromatic N) is 1. The number of ether oxygens (including phenoxy) is 1. The highest BCUT2D eigenvalue weighted by atomic mass is 16.5. The molecule has 3 rings (SSSR count). The van der Waals surface area contributed by atoms with Gasteiger partial charge in [0, 0.05) is 31.5 Å². The van der Waals surface area contributed by atoms with Crippen LogP contribution in [0.5, 0.6) is 0 Å². The summed E-state index contributed by atoms with van der Waals surface area (Å²) in [7, 11) is 0. The van der Waals surface area contributed by atoms with Gasteiger partial charge in [0.05, 0.1) is 12.7 Å². The summed E-state index contributed by atoms with van der Waals surface area (Å²) in [4.78, 5) is 14.5. The second kappa shape index (κ2) is 5.70. The van der Waals surface area contributed by atoms with Gasteiger partial charge < -0.3 is 4.74 Å². The number of hydrogen-bond donors (Lipinski definition) is 0. The van der Waals surface area contributed by atoms with E-state index < -0.39 is 0 Å². The summed E-state index contributed by atoms with van der Waals surface area (Å²) in [6, 6.07) is 0.599. The average Bonchev–Trinajstić information content (AvgIpc) is 2.42. The third kappa shape index (κ3) is 2.62. The van der Waals surface area contributed by atoms with Crippen molar-refractivity contribution in [1.29, 1.82) is 0 Å². The molecule has 3 aliphatic rings. The minimum atomic E-state index is 0.319. The zero-order valence-electron chi connectivity index (χ0n) is 11.3. The fourth-order valence-electron chi connectivity index (χ4n) is 3.93. The van der Waals surface area contributed by atoms with Crippen molar-refractivity contribution in [3.05, 3.63) is 0 Å². The molecule has 3 unspecified atom stereocenters. The number of ketones is 1. The Bertz CT molecular complexity index is 303. The van der Waals surface area contributed by atoms with Crippen molar-refractivity contribution in [3.8, 4) is 0 Å². The van der Waals surface area contributed by atoms with Crippen LogP contribution in [0.25, 0.3) is 0 Å². The van der Waals surface area contributed by atoms with Gasteiger partial charge in [0.2, 0.25) is 0 Å². The molecule has 0 amide bonds. The zero-order valence-corrected chi connectivity index (χ0v) is 11.3.